The number of aliphatic hydroxyl groups is 1. The van der Waals surface area contributed by atoms with Crippen LogP contribution in [0.2, 0.25) is 0 Å². The van der Waals surface area contributed by atoms with Gasteiger partial charge in [0.2, 0.25) is 11.8 Å². The molecule has 26 heavy (non-hydrogen) atoms. The topological polar surface area (TPSA) is 95.7 Å². The fourth-order valence-electron chi connectivity index (χ4n) is 3.09. The van der Waals surface area contributed by atoms with Crippen LogP contribution < -0.4 is 11.1 Å². The van der Waals surface area contributed by atoms with E-state index in [1.54, 1.807) is 29.2 Å². The lowest BCUT2D eigenvalue weighted by Crippen LogP contribution is -2.53. The van der Waals surface area contributed by atoms with Crippen molar-refractivity contribution in [1.29, 1.82) is 0 Å². The predicted octanol–water partition coefficient (Wildman–Crippen LogP) is 0.792. The number of carbonyl (C=O) groups excluding carboxylic acids is 2. The van der Waals surface area contributed by atoms with Crippen LogP contribution in [0, 0.1) is 18.3 Å². The SMILES string of the molecule is C#Cc1ccc([C@H](CO)NC(=O)[C@@H]2CCCN2C(=O)[C@@H](N)C(C)C)cc1. The zero-order valence-electron chi connectivity index (χ0n) is 15.3. The third-order valence-electron chi connectivity index (χ3n) is 4.82. The highest BCUT2D eigenvalue weighted by Gasteiger charge is 2.37. The lowest BCUT2D eigenvalue weighted by molar-refractivity contribution is -0.140. The molecule has 6 heteroatoms. The van der Waals surface area contributed by atoms with Crippen LogP contribution in [0.3, 0.4) is 0 Å². The van der Waals surface area contributed by atoms with Gasteiger partial charge in [0.1, 0.15) is 6.04 Å². The van der Waals surface area contributed by atoms with E-state index in [2.05, 4.69) is 11.2 Å². The predicted molar refractivity (Wildman–Crippen MR) is 99.9 cm³/mol. The summed E-state index contributed by atoms with van der Waals surface area (Å²) in [6.45, 7) is 4.05. The van der Waals surface area contributed by atoms with E-state index < -0.39 is 18.1 Å². The summed E-state index contributed by atoms with van der Waals surface area (Å²) >= 11 is 0. The molecule has 2 amide bonds. The number of likely N-dealkylation sites (tertiary alicyclic amines) is 1. The lowest BCUT2D eigenvalue weighted by atomic mass is 10.0. The molecule has 0 aromatic heterocycles. The maximum Gasteiger partial charge on any atom is 0.243 e. The maximum atomic E-state index is 12.7. The van der Waals surface area contributed by atoms with Gasteiger partial charge >= 0.3 is 0 Å². The first-order valence-corrected chi connectivity index (χ1v) is 8.93. The largest absolute Gasteiger partial charge is 0.394 e. The number of nitrogens with one attached hydrogen (secondary N) is 1. The van der Waals surface area contributed by atoms with E-state index in [1.165, 1.54) is 0 Å². The minimum absolute atomic E-state index is 0.00618. The minimum atomic E-state index is -0.617. The molecule has 0 radical (unpaired) electrons. The molecule has 1 aromatic rings. The monoisotopic (exact) mass is 357 g/mol. The van der Waals surface area contributed by atoms with Crippen molar-refractivity contribution in [2.75, 3.05) is 13.2 Å². The van der Waals surface area contributed by atoms with Gasteiger partial charge in [0.15, 0.2) is 0 Å². The number of hydrogen-bond donors (Lipinski definition) is 3. The van der Waals surface area contributed by atoms with E-state index in [4.69, 9.17) is 12.2 Å². The second-order valence-electron chi connectivity index (χ2n) is 6.97. The zero-order chi connectivity index (χ0) is 19.3. The summed E-state index contributed by atoms with van der Waals surface area (Å²) in [4.78, 5) is 26.8. The molecule has 0 saturated carbocycles. The number of rotatable bonds is 6. The Hall–Kier alpha value is -2.36. The molecule has 0 bridgehead atoms. The minimum Gasteiger partial charge on any atom is -0.394 e. The number of amides is 2. The van der Waals surface area contributed by atoms with Crippen LogP contribution in [0.1, 0.15) is 43.9 Å². The maximum absolute atomic E-state index is 12.7. The molecule has 1 heterocycles. The highest BCUT2D eigenvalue weighted by Crippen LogP contribution is 2.21. The molecule has 3 atom stereocenters. The van der Waals surface area contributed by atoms with Crippen LogP contribution in [0.25, 0.3) is 0 Å². The summed E-state index contributed by atoms with van der Waals surface area (Å²) in [5.41, 5.74) is 7.46. The standard InChI is InChI=1S/C20H27N3O3/c1-4-14-7-9-15(10-8-14)16(12-24)22-19(25)17-6-5-11-23(17)20(26)18(21)13(2)3/h1,7-10,13,16-18,24H,5-6,11-12,21H2,2-3H3,(H,22,25)/t16-,17-,18-/m0/s1. The molecule has 1 aliphatic rings. The molecule has 0 aliphatic carbocycles. The van der Waals surface area contributed by atoms with Crippen molar-refractivity contribution >= 4 is 11.8 Å². The van der Waals surface area contributed by atoms with Crippen molar-refractivity contribution in [2.24, 2.45) is 11.7 Å². The molecule has 1 aliphatic heterocycles. The van der Waals surface area contributed by atoms with Crippen LogP contribution in [-0.4, -0.2) is 47.1 Å². The van der Waals surface area contributed by atoms with Crippen LogP contribution in [-0.2, 0) is 9.59 Å². The molecular formula is C20H27N3O3. The Balaban J connectivity index is 2.08. The smallest absolute Gasteiger partial charge is 0.243 e. The Morgan fingerprint density at radius 2 is 2.04 bits per heavy atom. The molecule has 1 fully saturated rings. The molecule has 0 spiro atoms. The fourth-order valence-corrected chi connectivity index (χ4v) is 3.09. The highest BCUT2D eigenvalue weighted by atomic mass is 16.3. The van der Waals surface area contributed by atoms with Gasteiger partial charge in [-0.1, -0.05) is 31.9 Å². The summed E-state index contributed by atoms with van der Waals surface area (Å²) in [6.07, 6.45) is 6.70. The fraction of sp³-hybridized carbons (Fsp3) is 0.500. The van der Waals surface area contributed by atoms with Gasteiger partial charge in [-0.2, -0.15) is 0 Å². The third-order valence-corrected chi connectivity index (χ3v) is 4.82. The van der Waals surface area contributed by atoms with Gasteiger partial charge in [-0.15, -0.1) is 6.42 Å². The Labute approximate surface area is 154 Å². The van der Waals surface area contributed by atoms with E-state index in [-0.39, 0.29) is 24.3 Å². The average Bonchev–Trinajstić information content (AvgIpc) is 3.14. The summed E-state index contributed by atoms with van der Waals surface area (Å²) in [7, 11) is 0. The van der Waals surface area contributed by atoms with E-state index in [0.717, 1.165) is 17.5 Å². The van der Waals surface area contributed by atoms with Crippen LogP contribution >= 0.6 is 0 Å². The molecule has 4 N–H and O–H groups in total. The van der Waals surface area contributed by atoms with E-state index in [9.17, 15) is 14.7 Å². The van der Waals surface area contributed by atoms with Gasteiger partial charge in [0, 0.05) is 12.1 Å². The summed E-state index contributed by atoms with van der Waals surface area (Å²) < 4.78 is 0. The van der Waals surface area contributed by atoms with Crippen molar-refractivity contribution in [3.05, 3.63) is 35.4 Å². The average molecular weight is 357 g/mol. The van der Waals surface area contributed by atoms with E-state index in [0.29, 0.717) is 13.0 Å². The summed E-state index contributed by atoms with van der Waals surface area (Å²) in [6, 6.07) is 5.37. The Kier molecular flexibility index (Phi) is 6.78. The molecule has 140 valence electrons. The first-order valence-electron chi connectivity index (χ1n) is 8.93. The van der Waals surface area contributed by atoms with Gasteiger partial charge < -0.3 is 21.1 Å². The van der Waals surface area contributed by atoms with Gasteiger partial charge in [-0.25, -0.2) is 0 Å². The molecule has 1 aromatic carbocycles. The summed E-state index contributed by atoms with van der Waals surface area (Å²) in [5, 5.41) is 12.5. The highest BCUT2D eigenvalue weighted by molar-refractivity contribution is 5.90. The van der Waals surface area contributed by atoms with E-state index in [1.807, 2.05) is 13.8 Å². The Bertz CT molecular complexity index is 679. The number of carbonyl (C=O) groups is 2. The molecule has 0 unspecified atom stereocenters. The Morgan fingerprint density at radius 1 is 1.38 bits per heavy atom. The zero-order valence-corrected chi connectivity index (χ0v) is 15.3. The van der Waals surface area contributed by atoms with Crippen molar-refractivity contribution in [3.8, 4) is 12.3 Å². The number of hydrogen-bond acceptors (Lipinski definition) is 4. The number of nitrogens with zero attached hydrogens (tertiary/aromatic N) is 1. The second kappa shape index (κ2) is 8.84. The number of benzene rings is 1. The first-order chi connectivity index (χ1) is 12.4. The Morgan fingerprint density at radius 3 is 2.58 bits per heavy atom. The first kappa shape index (κ1) is 20.0. The quantitative estimate of drug-likeness (QED) is 0.656. The van der Waals surface area contributed by atoms with Crippen molar-refractivity contribution in [3.63, 3.8) is 0 Å². The van der Waals surface area contributed by atoms with Crippen molar-refractivity contribution in [2.45, 2.75) is 44.8 Å². The van der Waals surface area contributed by atoms with Crippen LogP contribution in [0.15, 0.2) is 24.3 Å². The molecule has 2 rings (SSSR count). The van der Waals surface area contributed by atoms with Crippen LogP contribution in [0.5, 0.6) is 0 Å². The molecule has 6 nitrogen and oxygen atoms in total. The molecular weight excluding hydrogens is 330 g/mol. The normalized spacial score (nSPS) is 19.1. The lowest BCUT2D eigenvalue weighted by Gasteiger charge is -2.29. The van der Waals surface area contributed by atoms with Gasteiger partial charge in [-0.3, -0.25) is 9.59 Å². The second-order valence-corrected chi connectivity index (χ2v) is 6.97. The van der Waals surface area contributed by atoms with Gasteiger partial charge in [-0.05, 0) is 36.5 Å². The number of nitrogens with two attached hydrogens (primary N) is 1. The van der Waals surface area contributed by atoms with Crippen molar-refractivity contribution in [1.82, 2.24) is 10.2 Å². The van der Waals surface area contributed by atoms with Crippen LogP contribution in [0.4, 0.5) is 0 Å². The number of aliphatic hydroxyl groups excluding tert-OH is 1. The molecule has 1 saturated heterocycles. The van der Waals surface area contributed by atoms with Gasteiger partial charge in [0.25, 0.3) is 0 Å². The number of terminal acetylenes is 1. The van der Waals surface area contributed by atoms with Crippen molar-refractivity contribution < 1.29 is 14.7 Å². The third kappa shape index (κ3) is 4.43. The van der Waals surface area contributed by atoms with Gasteiger partial charge in [0.05, 0.1) is 18.7 Å². The summed E-state index contributed by atoms with van der Waals surface area (Å²) in [5.74, 6) is 2.07. The van der Waals surface area contributed by atoms with E-state index >= 15 is 0 Å².